The van der Waals surface area contributed by atoms with E-state index >= 15 is 0 Å². The van der Waals surface area contributed by atoms with Gasteiger partial charge in [0.1, 0.15) is 6.61 Å². The van der Waals surface area contributed by atoms with E-state index in [0.717, 1.165) is 30.8 Å². The molecular formula is C24H35N5O3. The van der Waals surface area contributed by atoms with Crippen LogP contribution in [-0.4, -0.2) is 72.5 Å². The lowest BCUT2D eigenvalue weighted by Crippen LogP contribution is -2.52. The van der Waals surface area contributed by atoms with Gasteiger partial charge in [0.2, 0.25) is 5.88 Å². The first-order valence-electron chi connectivity index (χ1n) is 11.2. The standard InChI is InChI=1S/C24H35N5O3/c1-3-25-23(28-18-24(2,30)19-29-12-14-31-15-13-29)27-16-21-10-7-11-26-22(21)32-17-20-8-5-4-6-9-20/h4-11,30H,3,12-19H2,1-2H3,(H2,25,27,28). The first-order chi connectivity index (χ1) is 15.6. The molecule has 1 aromatic heterocycles. The smallest absolute Gasteiger partial charge is 0.218 e. The van der Waals surface area contributed by atoms with E-state index in [2.05, 4.69) is 25.5 Å². The van der Waals surface area contributed by atoms with Crippen molar-refractivity contribution in [3.8, 4) is 5.88 Å². The Morgan fingerprint density at radius 2 is 1.97 bits per heavy atom. The zero-order valence-corrected chi connectivity index (χ0v) is 19.1. The molecule has 2 heterocycles. The highest BCUT2D eigenvalue weighted by atomic mass is 16.5. The zero-order chi connectivity index (χ0) is 22.7. The van der Waals surface area contributed by atoms with Crippen molar-refractivity contribution in [3.63, 3.8) is 0 Å². The quantitative estimate of drug-likeness (QED) is 0.383. The van der Waals surface area contributed by atoms with Gasteiger partial charge in [0, 0.05) is 44.5 Å². The van der Waals surface area contributed by atoms with Gasteiger partial charge in [-0.15, -0.1) is 0 Å². The molecule has 3 N–H and O–H groups in total. The number of β-amino-alcohol motifs (C(OH)–C–C–N with tert-alkyl or cyclic N) is 1. The summed E-state index contributed by atoms with van der Waals surface area (Å²) in [5.41, 5.74) is 1.11. The molecule has 0 aliphatic carbocycles. The van der Waals surface area contributed by atoms with Gasteiger partial charge in [-0.3, -0.25) is 4.90 Å². The minimum absolute atomic E-state index is 0.389. The fourth-order valence-corrected chi connectivity index (χ4v) is 3.48. The van der Waals surface area contributed by atoms with Crippen molar-refractivity contribution in [2.45, 2.75) is 32.6 Å². The number of pyridine rings is 1. The molecule has 8 heteroatoms. The predicted octanol–water partition coefficient (Wildman–Crippen LogP) is 1.80. The summed E-state index contributed by atoms with van der Waals surface area (Å²) in [6.45, 7) is 9.55. The number of guanidine groups is 1. The number of rotatable bonds is 10. The Labute approximate surface area is 190 Å². The summed E-state index contributed by atoms with van der Waals surface area (Å²) in [6.07, 6.45) is 1.72. The van der Waals surface area contributed by atoms with Crippen LogP contribution in [0, 0.1) is 0 Å². The van der Waals surface area contributed by atoms with Gasteiger partial charge < -0.3 is 25.2 Å². The topological polar surface area (TPSA) is 91.2 Å². The molecule has 1 aromatic carbocycles. The lowest BCUT2D eigenvalue weighted by Gasteiger charge is -2.34. The summed E-state index contributed by atoms with van der Waals surface area (Å²) in [4.78, 5) is 11.3. The number of hydrogen-bond donors (Lipinski definition) is 3. The fraction of sp³-hybridized carbons (Fsp3) is 0.500. The number of aliphatic hydroxyl groups is 1. The Morgan fingerprint density at radius 3 is 2.72 bits per heavy atom. The highest BCUT2D eigenvalue weighted by molar-refractivity contribution is 5.79. The SMILES string of the molecule is CCNC(=NCc1cccnc1OCc1ccccc1)NCC(C)(O)CN1CCOCC1. The van der Waals surface area contributed by atoms with E-state index in [0.29, 0.717) is 51.3 Å². The second-order valence-electron chi connectivity index (χ2n) is 8.18. The minimum atomic E-state index is -0.883. The van der Waals surface area contributed by atoms with E-state index in [4.69, 9.17) is 9.47 Å². The maximum Gasteiger partial charge on any atom is 0.218 e. The predicted molar refractivity (Wildman–Crippen MR) is 126 cm³/mol. The van der Waals surface area contributed by atoms with Crippen LogP contribution in [-0.2, 0) is 17.9 Å². The average molecular weight is 442 g/mol. The van der Waals surface area contributed by atoms with E-state index in [1.165, 1.54) is 0 Å². The van der Waals surface area contributed by atoms with Gasteiger partial charge in [-0.25, -0.2) is 9.98 Å². The Kier molecular flexibility index (Phi) is 9.27. The summed E-state index contributed by atoms with van der Waals surface area (Å²) in [5, 5.41) is 17.3. The highest BCUT2D eigenvalue weighted by Crippen LogP contribution is 2.17. The third-order valence-corrected chi connectivity index (χ3v) is 5.12. The number of morpholine rings is 1. The van der Waals surface area contributed by atoms with E-state index in [1.54, 1.807) is 6.20 Å². The second kappa shape index (κ2) is 12.4. The number of nitrogens with zero attached hydrogens (tertiary/aromatic N) is 3. The van der Waals surface area contributed by atoms with Gasteiger partial charge in [-0.1, -0.05) is 36.4 Å². The molecule has 0 radical (unpaired) electrons. The maximum absolute atomic E-state index is 10.8. The monoisotopic (exact) mass is 441 g/mol. The van der Waals surface area contributed by atoms with Crippen LogP contribution >= 0.6 is 0 Å². The first kappa shape index (κ1) is 24.0. The van der Waals surface area contributed by atoms with Crippen LogP contribution in [0.4, 0.5) is 0 Å². The summed E-state index contributed by atoms with van der Waals surface area (Å²) in [7, 11) is 0. The van der Waals surface area contributed by atoms with Gasteiger partial charge in [0.05, 0.1) is 25.4 Å². The Morgan fingerprint density at radius 1 is 1.19 bits per heavy atom. The highest BCUT2D eigenvalue weighted by Gasteiger charge is 2.25. The number of hydrogen-bond acceptors (Lipinski definition) is 6. The first-order valence-corrected chi connectivity index (χ1v) is 11.2. The molecule has 1 aliphatic rings. The van der Waals surface area contributed by atoms with E-state index in [-0.39, 0.29) is 0 Å². The molecule has 0 saturated carbocycles. The molecule has 2 aromatic rings. The van der Waals surface area contributed by atoms with Crippen molar-refractivity contribution in [1.29, 1.82) is 0 Å². The zero-order valence-electron chi connectivity index (χ0n) is 19.1. The molecule has 1 atom stereocenters. The normalized spacial score (nSPS) is 16.9. The van der Waals surface area contributed by atoms with E-state index in [1.807, 2.05) is 56.3 Å². The van der Waals surface area contributed by atoms with Crippen LogP contribution < -0.4 is 15.4 Å². The Bertz CT molecular complexity index is 839. The van der Waals surface area contributed by atoms with Crippen LogP contribution in [0.3, 0.4) is 0 Å². The maximum atomic E-state index is 10.8. The number of benzene rings is 1. The summed E-state index contributed by atoms with van der Waals surface area (Å²) >= 11 is 0. The van der Waals surface area contributed by atoms with Crippen molar-refractivity contribution in [2.24, 2.45) is 4.99 Å². The molecule has 174 valence electrons. The van der Waals surface area contributed by atoms with Crippen molar-refractivity contribution in [1.82, 2.24) is 20.5 Å². The fourth-order valence-electron chi connectivity index (χ4n) is 3.48. The molecule has 3 rings (SSSR count). The third-order valence-electron chi connectivity index (χ3n) is 5.12. The molecule has 0 amide bonds. The molecule has 8 nitrogen and oxygen atoms in total. The minimum Gasteiger partial charge on any atom is -0.473 e. The van der Waals surface area contributed by atoms with Crippen LogP contribution in [0.2, 0.25) is 0 Å². The van der Waals surface area contributed by atoms with Crippen molar-refractivity contribution < 1.29 is 14.6 Å². The summed E-state index contributed by atoms with van der Waals surface area (Å²) < 4.78 is 11.3. The molecule has 1 fully saturated rings. The third kappa shape index (κ3) is 8.11. The largest absolute Gasteiger partial charge is 0.473 e. The van der Waals surface area contributed by atoms with E-state index < -0.39 is 5.60 Å². The summed E-state index contributed by atoms with van der Waals surface area (Å²) in [6, 6.07) is 13.9. The van der Waals surface area contributed by atoms with Gasteiger partial charge in [-0.05, 0) is 25.5 Å². The lowest BCUT2D eigenvalue weighted by atomic mass is 10.1. The Hall–Kier alpha value is -2.68. The molecule has 1 saturated heterocycles. The van der Waals surface area contributed by atoms with Crippen LogP contribution in [0.5, 0.6) is 5.88 Å². The van der Waals surface area contributed by atoms with Crippen LogP contribution in [0.25, 0.3) is 0 Å². The molecule has 1 aliphatic heterocycles. The van der Waals surface area contributed by atoms with Gasteiger partial charge in [0.15, 0.2) is 5.96 Å². The van der Waals surface area contributed by atoms with Crippen molar-refractivity contribution in [3.05, 3.63) is 59.8 Å². The number of nitrogens with one attached hydrogen (secondary N) is 2. The van der Waals surface area contributed by atoms with Crippen molar-refractivity contribution >= 4 is 5.96 Å². The number of ether oxygens (including phenoxy) is 2. The van der Waals surface area contributed by atoms with Gasteiger partial charge in [0.25, 0.3) is 0 Å². The number of aliphatic imine (C=N–C) groups is 1. The molecule has 0 bridgehead atoms. The Balaban J connectivity index is 1.57. The number of aromatic nitrogens is 1. The van der Waals surface area contributed by atoms with Crippen molar-refractivity contribution in [2.75, 3.05) is 45.9 Å². The summed E-state index contributed by atoms with van der Waals surface area (Å²) in [5.74, 6) is 1.22. The van der Waals surface area contributed by atoms with Crippen LogP contribution in [0.15, 0.2) is 53.7 Å². The van der Waals surface area contributed by atoms with E-state index in [9.17, 15) is 5.11 Å². The van der Waals surface area contributed by atoms with Gasteiger partial charge in [-0.2, -0.15) is 0 Å². The van der Waals surface area contributed by atoms with Gasteiger partial charge >= 0.3 is 0 Å². The molecular weight excluding hydrogens is 406 g/mol. The molecule has 32 heavy (non-hydrogen) atoms. The van der Waals surface area contributed by atoms with Crippen LogP contribution in [0.1, 0.15) is 25.0 Å². The average Bonchev–Trinajstić information content (AvgIpc) is 2.81. The molecule has 0 spiro atoms. The lowest BCUT2D eigenvalue weighted by molar-refractivity contribution is -0.0201. The second-order valence-corrected chi connectivity index (χ2v) is 8.18. The molecule has 1 unspecified atom stereocenters.